The van der Waals surface area contributed by atoms with Crippen molar-refractivity contribution >= 4 is 22.6 Å². The molecule has 0 fully saturated rings. The Hall–Kier alpha value is -1.14. The van der Waals surface area contributed by atoms with Gasteiger partial charge in [-0.3, -0.25) is 4.98 Å². The summed E-state index contributed by atoms with van der Waals surface area (Å²) in [6.07, 6.45) is 3.63. The number of benzene rings is 1. The van der Waals surface area contributed by atoms with E-state index in [4.69, 9.17) is 10.5 Å². The van der Waals surface area contributed by atoms with Crippen molar-refractivity contribution in [2.24, 2.45) is 5.73 Å². The molecule has 0 aliphatic heterocycles. The highest BCUT2D eigenvalue weighted by atomic mass is 127. The zero-order valence-corrected chi connectivity index (χ0v) is 13.2. The third kappa shape index (κ3) is 3.91. The van der Waals surface area contributed by atoms with E-state index < -0.39 is 0 Å². The molecule has 2 N–H and O–H groups in total. The van der Waals surface area contributed by atoms with Gasteiger partial charge in [0.1, 0.15) is 5.75 Å². The van der Waals surface area contributed by atoms with E-state index in [1.807, 2.05) is 32.0 Å². The number of nitrogens with two attached hydrogens (primary N) is 1. The fraction of sp³-hybridized carbons (Fsp3) is 0.267. The monoisotopic (exact) mass is 368 g/mol. The van der Waals surface area contributed by atoms with Crippen molar-refractivity contribution < 1.29 is 4.74 Å². The first kappa shape index (κ1) is 14.3. The van der Waals surface area contributed by atoms with Crippen LogP contribution in [0, 0.1) is 3.57 Å². The molecule has 0 saturated heterocycles. The Morgan fingerprint density at radius 3 is 2.42 bits per heavy atom. The summed E-state index contributed by atoms with van der Waals surface area (Å²) in [6, 6.07) is 9.97. The van der Waals surface area contributed by atoms with Crippen LogP contribution in [0.15, 0.2) is 42.7 Å². The molecule has 1 atom stereocenters. The van der Waals surface area contributed by atoms with Crippen LogP contribution < -0.4 is 10.5 Å². The van der Waals surface area contributed by atoms with Crippen molar-refractivity contribution in [3.63, 3.8) is 0 Å². The Morgan fingerprint density at radius 1 is 1.11 bits per heavy atom. The Balaban J connectivity index is 2.23. The minimum absolute atomic E-state index is 0.131. The van der Waals surface area contributed by atoms with Gasteiger partial charge < -0.3 is 10.5 Å². The number of nitrogens with zero attached hydrogens (tertiary/aromatic N) is 1. The van der Waals surface area contributed by atoms with E-state index >= 15 is 0 Å². The van der Waals surface area contributed by atoms with E-state index in [1.165, 1.54) is 3.57 Å². The molecular weight excluding hydrogens is 351 g/mol. The smallest absolute Gasteiger partial charge is 0.138 e. The summed E-state index contributed by atoms with van der Waals surface area (Å²) in [7, 11) is 0. The highest BCUT2D eigenvalue weighted by Crippen LogP contribution is 2.23. The number of aromatic nitrogens is 1. The number of ether oxygens (including phenoxy) is 1. The molecular formula is C15H17IN2O. The molecule has 4 heteroatoms. The zero-order chi connectivity index (χ0) is 13.8. The van der Waals surface area contributed by atoms with Gasteiger partial charge in [0.2, 0.25) is 0 Å². The molecule has 0 aliphatic carbocycles. The average Bonchev–Trinajstić information content (AvgIpc) is 2.38. The molecule has 2 aromatic rings. The van der Waals surface area contributed by atoms with Gasteiger partial charge in [0.05, 0.1) is 18.3 Å². The second kappa shape index (κ2) is 6.34. The Kier molecular flexibility index (Phi) is 4.76. The summed E-state index contributed by atoms with van der Waals surface area (Å²) < 4.78 is 6.84. The maximum absolute atomic E-state index is 6.27. The van der Waals surface area contributed by atoms with Crippen LogP contribution >= 0.6 is 22.6 Å². The fourth-order valence-electron chi connectivity index (χ4n) is 1.80. The van der Waals surface area contributed by atoms with Crippen LogP contribution in [-0.4, -0.2) is 11.1 Å². The standard InChI is InChI=1S/C15H17IN2O/c1-10(2)19-14-7-12(8-18-9-14)15(17)11-3-5-13(16)6-4-11/h3-10,15H,17H2,1-2H3. The highest BCUT2D eigenvalue weighted by Gasteiger charge is 2.10. The number of pyridine rings is 1. The maximum Gasteiger partial charge on any atom is 0.138 e. The van der Waals surface area contributed by atoms with Gasteiger partial charge in [-0.2, -0.15) is 0 Å². The molecule has 0 spiro atoms. The van der Waals surface area contributed by atoms with Crippen LogP contribution in [-0.2, 0) is 0 Å². The largest absolute Gasteiger partial charge is 0.489 e. The predicted molar refractivity (Wildman–Crippen MR) is 85.2 cm³/mol. The van der Waals surface area contributed by atoms with Crippen LogP contribution in [0.1, 0.15) is 31.0 Å². The van der Waals surface area contributed by atoms with Crippen LogP contribution in [0.4, 0.5) is 0 Å². The van der Waals surface area contributed by atoms with Gasteiger partial charge in [0, 0.05) is 9.77 Å². The summed E-state index contributed by atoms with van der Waals surface area (Å²) in [5, 5.41) is 0. The van der Waals surface area contributed by atoms with Gasteiger partial charge >= 0.3 is 0 Å². The summed E-state index contributed by atoms with van der Waals surface area (Å²) in [5.74, 6) is 0.758. The minimum atomic E-state index is -0.180. The number of halogens is 1. The van der Waals surface area contributed by atoms with Crippen LogP contribution in [0.2, 0.25) is 0 Å². The van der Waals surface area contributed by atoms with Crippen molar-refractivity contribution in [1.29, 1.82) is 0 Å². The third-order valence-corrected chi connectivity index (χ3v) is 3.41. The van der Waals surface area contributed by atoms with Crippen LogP contribution in [0.25, 0.3) is 0 Å². The Bertz CT molecular complexity index is 540. The molecule has 1 heterocycles. The molecule has 0 saturated carbocycles. The van der Waals surface area contributed by atoms with E-state index in [9.17, 15) is 0 Å². The van der Waals surface area contributed by atoms with E-state index in [0.717, 1.165) is 16.9 Å². The molecule has 1 unspecified atom stereocenters. The molecule has 0 bridgehead atoms. The molecule has 0 aliphatic rings. The summed E-state index contributed by atoms with van der Waals surface area (Å²) >= 11 is 2.28. The lowest BCUT2D eigenvalue weighted by atomic mass is 10.0. The fourth-order valence-corrected chi connectivity index (χ4v) is 2.16. The van der Waals surface area contributed by atoms with E-state index in [-0.39, 0.29) is 12.1 Å². The second-order valence-corrected chi connectivity index (χ2v) is 5.90. The van der Waals surface area contributed by atoms with Gasteiger partial charge in [-0.1, -0.05) is 12.1 Å². The lowest BCUT2D eigenvalue weighted by Crippen LogP contribution is -2.13. The highest BCUT2D eigenvalue weighted by molar-refractivity contribution is 14.1. The number of hydrogen-bond acceptors (Lipinski definition) is 3. The number of hydrogen-bond donors (Lipinski definition) is 1. The topological polar surface area (TPSA) is 48.1 Å². The Morgan fingerprint density at radius 2 is 1.79 bits per heavy atom. The predicted octanol–water partition coefficient (Wildman–Crippen LogP) is 3.52. The van der Waals surface area contributed by atoms with Crippen LogP contribution in [0.3, 0.4) is 0 Å². The lowest BCUT2D eigenvalue weighted by molar-refractivity contribution is 0.241. The first-order valence-electron chi connectivity index (χ1n) is 6.19. The summed E-state index contributed by atoms with van der Waals surface area (Å²) in [6.45, 7) is 3.98. The van der Waals surface area contributed by atoms with Crippen molar-refractivity contribution in [2.45, 2.75) is 26.0 Å². The molecule has 19 heavy (non-hydrogen) atoms. The SMILES string of the molecule is CC(C)Oc1cncc(C(N)c2ccc(I)cc2)c1. The third-order valence-electron chi connectivity index (χ3n) is 2.69. The van der Waals surface area contributed by atoms with Crippen molar-refractivity contribution in [1.82, 2.24) is 4.98 Å². The summed E-state index contributed by atoms with van der Waals surface area (Å²) in [5.41, 5.74) is 8.30. The first-order chi connectivity index (χ1) is 9.06. The normalized spacial score (nSPS) is 12.5. The van der Waals surface area contributed by atoms with Gasteiger partial charge in [-0.15, -0.1) is 0 Å². The average molecular weight is 368 g/mol. The Labute approximate surface area is 127 Å². The quantitative estimate of drug-likeness (QED) is 0.841. The molecule has 0 amide bonds. The minimum Gasteiger partial charge on any atom is -0.489 e. The van der Waals surface area contributed by atoms with Crippen molar-refractivity contribution in [2.75, 3.05) is 0 Å². The molecule has 0 radical (unpaired) electrons. The van der Waals surface area contributed by atoms with Gasteiger partial charge in [0.25, 0.3) is 0 Å². The number of rotatable bonds is 4. The molecule has 1 aromatic carbocycles. The van der Waals surface area contributed by atoms with Gasteiger partial charge in [0.15, 0.2) is 0 Å². The molecule has 3 nitrogen and oxygen atoms in total. The summed E-state index contributed by atoms with van der Waals surface area (Å²) in [4.78, 5) is 4.20. The van der Waals surface area contributed by atoms with Crippen molar-refractivity contribution in [3.05, 3.63) is 57.4 Å². The first-order valence-corrected chi connectivity index (χ1v) is 7.27. The van der Waals surface area contributed by atoms with Gasteiger partial charge in [-0.05, 0) is 65.8 Å². The zero-order valence-electron chi connectivity index (χ0n) is 11.0. The van der Waals surface area contributed by atoms with Crippen molar-refractivity contribution in [3.8, 4) is 5.75 Å². The van der Waals surface area contributed by atoms with E-state index in [0.29, 0.717) is 0 Å². The molecule has 2 rings (SSSR count). The van der Waals surface area contributed by atoms with E-state index in [1.54, 1.807) is 12.4 Å². The van der Waals surface area contributed by atoms with Gasteiger partial charge in [-0.25, -0.2) is 0 Å². The molecule has 1 aromatic heterocycles. The lowest BCUT2D eigenvalue weighted by Gasteiger charge is -2.15. The van der Waals surface area contributed by atoms with E-state index in [2.05, 4.69) is 39.7 Å². The van der Waals surface area contributed by atoms with Crippen LogP contribution in [0.5, 0.6) is 5.75 Å². The molecule has 100 valence electrons. The maximum atomic E-state index is 6.27. The second-order valence-electron chi connectivity index (χ2n) is 4.65.